The van der Waals surface area contributed by atoms with Crippen molar-refractivity contribution >= 4 is 0 Å². The molecule has 0 aromatic heterocycles. The molecule has 41 heavy (non-hydrogen) atoms. The number of hydrogen-bond acceptors (Lipinski definition) is 7. The van der Waals surface area contributed by atoms with Crippen molar-refractivity contribution in [3.63, 3.8) is 0 Å². The Morgan fingerprint density at radius 2 is 0.976 bits per heavy atom. The van der Waals surface area contributed by atoms with Crippen molar-refractivity contribution in [2.45, 2.75) is 105 Å². The van der Waals surface area contributed by atoms with Crippen LogP contribution in [-0.4, -0.2) is 35.7 Å². The summed E-state index contributed by atoms with van der Waals surface area (Å²) in [6, 6.07) is 3.33. The molecule has 0 amide bonds. The van der Waals surface area contributed by atoms with Crippen molar-refractivity contribution in [3.8, 4) is 17.2 Å². The number of aliphatic hydroxyl groups is 4. The fourth-order valence-electron chi connectivity index (χ4n) is 6.77. The molecule has 7 N–H and O–H groups in total. The third-order valence-corrected chi connectivity index (χ3v) is 9.57. The van der Waals surface area contributed by atoms with Crippen molar-refractivity contribution in [2.24, 2.45) is 0 Å². The highest BCUT2D eigenvalue weighted by Gasteiger charge is 2.30. The van der Waals surface area contributed by atoms with Crippen molar-refractivity contribution in [1.82, 2.24) is 0 Å². The SMILES string of the molecule is Cc1c(Cc2c(CO)c(CO)c(O)c(C3CCCCC3)c2Cc2cc(O)c(CO)c(C)c2C)cc(O)c(CO)c1C. The first kappa shape index (κ1) is 30.8. The molecule has 0 aliphatic heterocycles. The Bertz CT molecular complexity index is 1430. The van der Waals surface area contributed by atoms with E-state index in [1.54, 1.807) is 12.1 Å². The van der Waals surface area contributed by atoms with E-state index in [4.69, 9.17) is 0 Å². The quantitative estimate of drug-likeness (QED) is 0.189. The summed E-state index contributed by atoms with van der Waals surface area (Å²) in [5.74, 6) is 0.123. The van der Waals surface area contributed by atoms with Crippen molar-refractivity contribution in [3.05, 3.63) is 84.5 Å². The molecule has 4 rings (SSSR count). The second-order valence-corrected chi connectivity index (χ2v) is 11.6. The Morgan fingerprint density at radius 3 is 1.41 bits per heavy atom. The summed E-state index contributed by atoms with van der Waals surface area (Å²) in [6.45, 7) is 6.26. The van der Waals surface area contributed by atoms with E-state index in [0.29, 0.717) is 35.1 Å². The third kappa shape index (κ3) is 5.69. The van der Waals surface area contributed by atoms with Crippen LogP contribution in [0.25, 0.3) is 0 Å². The monoisotopic (exact) mass is 564 g/mol. The lowest BCUT2D eigenvalue weighted by Gasteiger charge is -2.30. The van der Waals surface area contributed by atoms with Crippen LogP contribution < -0.4 is 0 Å². The van der Waals surface area contributed by atoms with Crippen LogP contribution in [0.5, 0.6) is 17.2 Å². The molecule has 0 radical (unpaired) electrons. The fourth-order valence-corrected chi connectivity index (χ4v) is 6.77. The average molecular weight is 565 g/mol. The van der Waals surface area contributed by atoms with Crippen LogP contribution in [-0.2, 0) is 39.3 Å². The number of aromatic hydroxyl groups is 3. The second-order valence-electron chi connectivity index (χ2n) is 11.6. The highest BCUT2D eigenvalue weighted by atomic mass is 16.3. The van der Waals surface area contributed by atoms with E-state index in [-0.39, 0.29) is 43.0 Å². The topological polar surface area (TPSA) is 142 Å². The normalized spacial score (nSPS) is 14.1. The van der Waals surface area contributed by atoms with Crippen LogP contribution in [0.1, 0.15) is 110 Å². The van der Waals surface area contributed by atoms with Crippen LogP contribution in [0.15, 0.2) is 12.1 Å². The van der Waals surface area contributed by atoms with Gasteiger partial charge in [0.2, 0.25) is 0 Å². The molecule has 0 spiro atoms. The number of aliphatic hydroxyl groups excluding tert-OH is 4. The minimum atomic E-state index is -0.425. The van der Waals surface area contributed by atoms with Crippen LogP contribution >= 0.6 is 0 Å². The molecule has 0 heterocycles. The van der Waals surface area contributed by atoms with E-state index >= 15 is 0 Å². The Hall–Kier alpha value is -3.10. The molecule has 1 aliphatic rings. The van der Waals surface area contributed by atoms with Crippen molar-refractivity contribution < 1.29 is 35.7 Å². The zero-order chi connectivity index (χ0) is 30.0. The van der Waals surface area contributed by atoms with E-state index in [0.717, 1.165) is 82.2 Å². The highest BCUT2D eigenvalue weighted by Crippen LogP contribution is 2.46. The zero-order valence-corrected chi connectivity index (χ0v) is 24.6. The van der Waals surface area contributed by atoms with Gasteiger partial charge in [-0.25, -0.2) is 0 Å². The smallest absolute Gasteiger partial charge is 0.125 e. The molecule has 7 nitrogen and oxygen atoms in total. The highest BCUT2D eigenvalue weighted by molar-refractivity contribution is 5.61. The van der Waals surface area contributed by atoms with Gasteiger partial charge in [0, 0.05) is 22.3 Å². The Labute approximate surface area is 242 Å². The first-order chi connectivity index (χ1) is 19.6. The fraction of sp³-hybridized carbons (Fsp3) is 0.471. The summed E-state index contributed by atoms with van der Waals surface area (Å²) >= 11 is 0. The molecule has 222 valence electrons. The maximum absolute atomic E-state index is 11.7. The molecule has 3 aromatic rings. The molecule has 3 aromatic carbocycles. The van der Waals surface area contributed by atoms with Gasteiger partial charge < -0.3 is 35.7 Å². The lowest BCUT2D eigenvalue weighted by atomic mass is 9.75. The molecule has 0 saturated heterocycles. The van der Waals surface area contributed by atoms with E-state index in [1.165, 1.54) is 0 Å². The third-order valence-electron chi connectivity index (χ3n) is 9.57. The molecule has 1 fully saturated rings. The summed E-state index contributed by atoms with van der Waals surface area (Å²) in [7, 11) is 0. The van der Waals surface area contributed by atoms with Crippen LogP contribution in [0.2, 0.25) is 0 Å². The van der Waals surface area contributed by atoms with Crippen LogP contribution in [0.4, 0.5) is 0 Å². The van der Waals surface area contributed by atoms with Crippen molar-refractivity contribution in [1.29, 1.82) is 0 Å². The maximum atomic E-state index is 11.7. The summed E-state index contributed by atoms with van der Waals surface area (Å²) in [5.41, 5.74) is 9.29. The number of hydrogen-bond donors (Lipinski definition) is 7. The zero-order valence-electron chi connectivity index (χ0n) is 24.6. The van der Waals surface area contributed by atoms with Gasteiger partial charge in [0.25, 0.3) is 0 Å². The molecule has 0 bridgehead atoms. The predicted molar refractivity (Wildman–Crippen MR) is 158 cm³/mol. The Balaban J connectivity index is 2.04. The maximum Gasteiger partial charge on any atom is 0.125 e. The standard InChI is InChI=1S/C34H44O7/c1-18-20(3)27(14-35)31(39)12-23(18)10-25-26(11-24-13-32(40)28(15-36)21(4)19(24)2)33(22-8-6-5-7-9-22)34(41)30(17-38)29(25)16-37/h12-13,22,35-41H,5-11,14-17H2,1-4H3. The summed E-state index contributed by atoms with van der Waals surface area (Å²) in [6.07, 6.45) is 5.72. The largest absolute Gasteiger partial charge is 0.508 e. The lowest BCUT2D eigenvalue weighted by Crippen LogP contribution is -2.16. The summed E-state index contributed by atoms with van der Waals surface area (Å²) in [4.78, 5) is 0. The van der Waals surface area contributed by atoms with Gasteiger partial charge in [0.05, 0.1) is 26.4 Å². The van der Waals surface area contributed by atoms with E-state index in [1.807, 2.05) is 27.7 Å². The number of benzene rings is 3. The van der Waals surface area contributed by atoms with Gasteiger partial charge in [-0.1, -0.05) is 19.3 Å². The molecular weight excluding hydrogens is 520 g/mol. The first-order valence-electron chi connectivity index (χ1n) is 14.5. The predicted octanol–water partition coefficient (Wildman–Crippen LogP) is 5.24. The minimum absolute atomic E-state index is 0.00217. The molecule has 1 saturated carbocycles. The van der Waals surface area contributed by atoms with Gasteiger partial charge in [-0.3, -0.25) is 0 Å². The molecular formula is C34H44O7. The molecule has 0 atom stereocenters. The van der Waals surface area contributed by atoms with Crippen molar-refractivity contribution in [2.75, 3.05) is 0 Å². The summed E-state index contributed by atoms with van der Waals surface area (Å²) < 4.78 is 0. The van der Waals surface area contributed by atoms with E-state index in [9.17, 15) is 35.7 Å². The van der Waals surface area contributed by atoms with Gasteiger partial charge in [-0.05, 0) is 121 Å². The van der Waals surface area contributed by atoms with Gasteiger partial charge in [-0.2, -0.15) is 0 Å². The van der Waals surface area contributed by atoms with Gasteiger partial charge in [-0.15, -0.1) is 0 Å². The van der Waals surface area contributed by atoms with Crippen LogP contribution in [0.3, 0.4) is 0 Å². The van der Waals surface area contributed by atoms with E-state index in [2.05, 4.69) is 0 Å². The molecule has 1 aliphatic carbocycles. The lowest BCUT2D eigenvalue weighted by molar-refractivity contribution is 0.253. The molecule has 7 heteroatoms. The van der Waals surface area contributed by atoms with E-state index < -0.39 is 6.61 Å². The van der Waals surface area contributed by atoms with Gasteiger partial charge in [0.15, 0.2) is 0 Å². The number of rotatable bonds is 9. The Morgan fingerprint density at radius 1 is 0.537 bits per heavy atom. The van der Waals surface area contributed by atoms with Crippen LogP contribution in [0, 0.1) is 27.7 Å². The van der Waals surface area contributed by atoms with Gasteiger partial charge in [0.1, 0.15) is 17.2 Å². The minimum Gasteiger partial charge on any atom is -0.508 e. The van der Waals surface area contributed by atoms with Gasteiger partial charge >= 0.3 is 0 Å². The number of phenols is 3. The Kier molecular flexibility index (Phi) is 9.65. The molecule has 0 unspecified atom stereocenters. The first-order valence-corrected chi connectivity index (χ1v) is 14.5. The second kappa shape index (κ2) is 12.8. The average Bonchev–Trinajstić information content (AvgIpc) is 2.96. The summed E-state index contributed by atoms with van der Waals surface area (Å²) in [5, 5.41) is 73.8.